The van der Waals surface area contributed by atoms with Crippen LogP contribution in [0.25, 0.3) is 0 Å². The number of hydrogen-bond acceptors (Lipinski definition) is 3. The lowest BCUT2D eigenvalue weighted by atomic mass is 9.60. The highest BCUT2D eigenvalue weighted by Crippen LogP contribution is 2.60. The van der Waals surface area contributed by atoms with Crippen LogP contribution in [-0.4, -0.2) is 35.1 Å². The van der Waals surface area contributed by atoms with Gasteiger partial charge in [0.1, 0.15) is 12.3 Å². The molecule has 0 radical (unpaired) electrons. The van der Waals surface area contributed by atoms with Crippen LogP contribution >= 0.6 is 0 Å². The molecule has 7 atom stereocenters. The molecule has 0 spiro atoms. The molecule has 0 amide bonds. The van der Waals surface area contributed by atoms with Crippen LogP contribution in [-0.2, 0) is 9.53 Å². The van der Waals surface area contributed by atoms with Crippen molar-refractivity contribution < 1.29 is 32.2 Å². The van der Waals surface area contributed by atoms with E-state index in [-0.39, 0.29) is 29.8 Å². The first-order chi connectivity index (χ1) is 16.7. The predicted molar refractivity (Wildman–Crippen MR) is 133 cm³/mol. The van der Waals surface area contributed by atoms with E-state index in [1.165, 1.54) is 12.5 Å². The van der Waals surface area contributed by atoms with Crippen LogP contribution in [0.2, 0.25) is 0 Å². The molecule has 36 heavy (non-hydrogen) atoms. The molecular formula is C29H42F4O3. The summed E-state index contributed by atoms with van der Waals surface area (Å²) in [5.41, 5.74) is 0.114. The zero-order valence-corrected chi connectivity index (χ0v) is 22.1. The molecular weight excluding hydrogens is 472 g/mol. The number of carbonyl (C=O) groups is 1. The highest BCUT2D eigenvalue weighted by Gasteiger charge is 2.56. The van der Waals surface area contributed by atoms with Crippen LogP contribution in [0.4, 0.5) is 17.6 Å². The molecule has 3 aliphatic rings. The van der Waals surface area contributed by atoms with Gasteiger partial charge in [-0.25, -0.2) is 4.39 Å². The van der Waals surface area contributed by atoms with E-state index in [9.17, 15) is 27.5 Å². The Labute approximate surface area is 213 Å². The first-order valence-electron chi connectivity index (χ1n) is 13.4. The molecule has 0 aliphatic heterocycles. The van der Waals surface area contributed by atoms with Gasteiger partial charge in [-0.15, -0.1) is 0 Å². The average Bonchev–Trinajstić information content (AvgIpc) is 3.14. The molecule has 3 rings (SSSR count). The molecule has 0 aromatic heterocycles. The van der Waals surface area contributed by atoms with E-state index in [4.69, 9.17) is 4.74 Å². The topological polar surface area (TPSA) is 46.5 Å². The summed E-state index contributed by atoms with van der Waals surface area (Å²) >= 11 is 0. The normalized spacial score (nSPS) is 34.8. The fourth-order valence-electron chi connectivity index (χ4n) is 7.03. The van der Waals surface area contributed by atoms with Gasteiger partial charge in [-0.2, -0.15) is 13.2 Å². The van der Waals surface area contributed by atoms with Gasteiger partial charge in [0.25, 0.3) is 0 Å². The monoisotopic (exact) mass is 514 g/mol. The number of esters is 1. The SMILES string of the molecule is C=C1/C(=C\C=C2/CCCC3(C)C2CCC3C(C)CC[C@@H](F)C(C)(O)C(F)(F)F)CCC[C@@H]1OC(C)=O. The maximum absolute atomic E-state index is 14.4. The van der Waals surface area contributed by atoms with Crippen LogP contribution < -0.4 is 0 Å². The van der Waals surface area contributed by atoms with Crippen LogP contribution in [0.5, 0.6) is 0 Å². The summed E-state index contributed by atoms with van der Waals surface area (Å²) in [6, 6.07) is 0. The first kappa shape index (κ1) is 28.9. The Kier molecular flexibility index (Phi) is 8.84. The zero-order chi connectivity index (χ0) is 26.9. The average molecular weight is 515 g/mol. The summed E-state index contributed by atoms with van der Waals surface area (Å²) in [6.07, 6.45) is 4.59. The molecule has 3 aliphatic carbocycles. The van der Waals surface area contributed by atoms with E-state index in [0.29, 0.717) is 25.2 Å². The Morgan fingerprint density at radius 3 is 2.53 bits per heavy atom. The van der Waals surface area contributed by atoms with E-state index in [0.717, 1.165) is 62.5 Å². The van der Waals surface area contributed by atoms with Crippen molar-refractivity contribution in [1.82, 2.24) is 0 Å². The van der Waals surface area contributed by atoms with Crippen molar-refractivity contribution >= 4 is 5.97 Å². The number of allylic oxidation sites excluding steroid dienone is 3. The van der Waals surface area contributed by atoms with Gasteiger partial charge in [-0.05, 0) is 105 Å². The Morgan fingerprint density at radius 2 is 1.89 bits per heavy atom. The third-order valence-corrected chi connectivity index (χ3v) is 9.30. The minimum absolute atomic E-state index is 0.0320. The first-order valence-corrected chi connectivity index (χ1v) is 13.4. The number of hydrogen-bond donors (Lipinski definition) is 1. The number of halogens is 4. The van der Waals surface area contributed by atoms with Crippen molar-refractivity contribution in [3.05, 3.63) is 35.5 Å². The molecule has 5 unspecified atom stereocenters. The largest absolute Gasteiger partial charge is 0.458 e. The van der Waals surface area contributed by atoms with Gasteiger partial charge in [0.15, 0.2) is 5.60 Å². The van der Waals surface area contributed by atoms with Crippen LogP contribution in [0.3, 0.4) is 0 Å². The fourth-order valence-corrected chi connectivity index (χ4v) is 7.03. The molecule has 0 aromatic carbocycles. The molecule has 3 saturated carbocycles. The Hall–Kier alpha value is -1.63. The second kappa shape index (κ2) is 11.0. The van der Waals surface area contributed by atoms with Gasteiger partial charge >= 0.3 is 12.1 Å². The molecule has 0 bridgehead atoms. The second-order valence-electron chi connectivity index (χ2n) is 11.7. The summed E-state index contributed by atoms with van der Waals surface area (Å²) in [6.45, 7) is 10.4. The van der Waals surface area contributed by atoms with Gasteiger partial charge in [-0.3, -0.25) is 4.79 Å². The molecule has 204 valence electrons. The van der Waals surface area contributed by atoms with Crippen LogP contribution in [0, 0.1) is 23.2 Å². The highest BCUT2D eigenvalue weighted by molar-refractivity contribution is 5.66. The van der Waals surface area contributed by atoms with Gasteiger partial charge in [0.2, 0.25) is 0 Å². The lowest BCUT2D eigenvalue weighted by molar-refractivity contribution is -0.273. The summed E-state index contributed by atoms with van der Waals surface area (Å²) in [5.74, 6) is 0.481. The number of carbonyl (C=O) groups excluding carboxylic acids is 1. The summed E-state index contributed by atoms with van der Waals surface area (Å²) in [7, 11) is 0. The van der Waals surface area contributed by atoms with Crippen molar-refractivity contribution in [1.29, 1.82) is 0 Å². The van der Waals surface area contributed by atoms with Crippen molar-refractivity contribution in [3.8, 4) is 0 Å². The maximum atomic E-state index is 14.4. The van der Waals surface area contributed by atoms with Gasteiger partial charge in [0.05, 0.1) is 0 Å². The molecule has 3 fully saturated rings. The summed E-state index contributed by atoms with van der Waals surface area (Å²) in [5, 5.41) is 9.67. The highest BCUT2D eigenvalue weighted by atomic mass is 19.4. The molecule has 3 nitrogen and oxygen atoms in total. The molecule has 7 heteroatoms. The lowest BCUT2D eigenvalue weighted by Crippen LogP contribution is -2.50. The molecule has 0 heterocycles. The summed E-state index contributed by atoms with van der Waals surface area (Å²) in [4.78, 5) is 11.4. The molecule has 0 saturated heterocycles. The van der Waals surface area contributed by atoms with E-state index < -0.39 is 17.9 Å². The minimum atomic E-state index is -4.99. The standard InChI is InChI=1S/C29H42F4O3/c1-18(11-16-26(30)28(5,35)29(31,32)33)23-14-15-24-22(9-7-17-27(23,24)4)13-12-21-8-6-10-25(19(21)2)36-20(3)34/h12-13,18,23-26,35H,2,6-11,14-17H2,1,3-5H3/b21-12-,22-13+/t18?,23?,24?,25-,26+,27?,28?/m0/s1. The Balaban J connectivity index is 1.69. The molecule has 0 aromatic rings. The van der Waals surface area contributed by atoms with Crippen LogP contribution in [0.15, 0.2) is 35.5 Å². The smallest absolute Gasteiger partial charge is 0.419 e. The fraction of sp³-hybridized carbons (Fsp3) is 0.759. The lowest BCUT2D eigenvalue weighted by Gasteiger charge is -2.44. The molecule has 1 N–H and O–H groups in total. The number of alkyl halides is 4. The number of fused-ring (bicyclic) bond motifs is 1. The van der Waals surface area contributed by atoms with Crippen LogP contribution in [0.1, 0.15) is 91.9 Å². The van der Waals surface area contributed by atoms with Crippen molar-refractivity contribution in [2.45, 2.75) is 116 Å². The quantitative estimate of drug-likeness (QED) is 0.279. The minimum Gasteiger partial charge on any atom is -0.458 e. The second-order valence-corrected chi connectivity index (χ2v) is 11.7. The van der Waals surface area contributed by atoms with Crippen molar-refractivity contribution in [2.75, 3.05) is 0 Å². The number of ether oxygens (including phenoxy) is 1. The van der Waals surface area contributed by atoms with Gasteiger partial charge in [-0.1, -0.05) is 38.2 Å². The van der Waals surface area contributed by atoms with E-state index in [1.807, 2.05) is 6.92 Å². The van der Waals surface area contributed by atoms with Gasteiger partial charge in [0, 0.05) is 6.92 Å². The van der Waals surface area contributed by atoms with Crippen molar-refractivity contribution in [2.24, 2.45) is 23.2 Å². The maximum Gasteiger partial charge on any atom is 0.419 e. The third kappa shape index (κ3) is 5.92. The van der Waals surface area contributed by atoms with Gasteiger partial charge < -0.3 is 9.84 Å². The number of rotatable bonds is 7. The third-order valence-electron chi connectivity index (χ3n) is 9.30. The Bertz CT molecular complexity index is 887. The van der Waals surface area contributed by atoms with E-state index >= 15 is 0 Å². The predicted octanol–water partition coefficient (Wildman–Crippen LogP) is 7.80. The Morgan fingerprint density at radius 1 is 1.19 bits per heavy atom. The zero-order valence-electron chi connectivity index (χ0n) is 22.1. The summed E-state index contributed by atoms with van der Waals surface area (Å²) < 4.78 is 58.9. The van der Waals surface area contributed by atoms with Crippen molar-refractivity contribution in [3.63, 3.8) is 0 Å². The number of aliphatic hydroxyl groups is 1. The van der Waals surface area contributed by atoms with E-state index in [1.54, 1.807) is 0 Å². The van der Waals surface area contributed by atoms with E-state index in [2.05, 4.69) is 25.7 Å².